The highest BCUT2D eigenvalue weighted by molar-refractivity contribution is 5.89. The van der Waals surface area contributed by atoms with Crippen molar-refractivity contribution in [1.82, 2.24) is 15.3 Å². The highest BCUT2D eigenvalue weighted by atomic mass is 16.5. The molecule has 8 heteroatoms. The zero-order chi connectivity index (χ0) is 19.9. The van der Waals surface area contributed by atoms with E-state index in [1.54, 1.807) is 32.4 Å². The Bertz CT molecular complexity index is 821. The van der Waals surface area contributed by atoms with Gasteiger partial charge in [-0.2, -0.15) is 0 Å². The normalized spacial score (nSPS) is 13.8. The number of piperidine rings is 1. The van der Waals surface area contributed by atoms with E-state index in [-0.39, 0.29) is 6.03 Å². The smallest absolute Gasteiger partial charge is 0.319 e. The number of ether oxygens (including phenoxy) is 2. The van der Waals surface area contributed by atoms with Gasteiger partial charge in [0.25, 0.3) is 0 Å². The quantitative estimate of drug-likeness (QED) is 0.794. The third-order valence-electron chi connectivity index (χ3n) is 4.61. The molecule has 2 heterocycles. The number of amides is 2. The first kappa shape index (κ1) is 19.7. The van der Waals surface area contributed by atoms with Crippen molar-refractivity contribution < 1.29 is 14.3 Å². The number of rotatable bonds is 6. The summed E-state index contributed by atoms with van der Waals surface area (Å²) < 4.78 is 10.5. The van der Waals surface area contributed by atoms with Gasteiger partial charge in [0.2, 0.25) is 5.95 Å². The maximum atomic E-state index is 12.3. The monoisotopic (exact) mass is 385 g/mol. The van der Waals surface area contributed by atoms with Gasteiger partial charge in [-0.1, -0.05) is 0 Å². The average molecular weight is 385 g/mol. The van der Waals surface area contributed by atoms with Gasteiger partial charge in [-0.3, -0.25) is 0 Å². The van der Waals surface area contributed by atoms with Crippen LogP contribution in [0.3, 0.4) is 0 Å². The van der Waals surface area contributed by atoms with Crippen LogP contribution in [0.1, 0.15) is 30.7 Å². The fourth-order valence-corrected chi connectivity index (χ4v) is 3.20. The van der Waals surface area contributed by atoms with E-state index in [1.807, 2.05) is 13.0 Å². The molecule has 2 amide bonds. The highest BCUT2D eigenvalue weighted by Crippen LogP contribution is 2.29. The van der Waals surface area contributed by atoms with Crippen LogP contribution in [0.15, 0.2) is 24.3 Å². The van der Waals surface area contributed by atoms with Crippen molar-refractivity contribution in [3.05, 3.63) is 35.7 Å². The lowest BCUT2D eigenvalue weighted by atomic mass is 10.1. The molecule has 0 saturated carbocycles. The first-order valence-corrected chi connectivity index (χ1v) is 9.45. The maximum absolute atomic E-state index is 12.3. The number of benzene rings is 1. The van der Waals surface area contributed by atoms with Crippen LogP contribution in [0.2, 0.25) is 0 Å². The average Bonchev–Trinajstić information content (AvgIpc) is 2.72. The van der Waals surface area contributed by atoms with Crippen LogP contribution in [0.4, 0.5) is 16.4 Å². The molecule has 0 atom stereocenters. The summed E-state index contributed by atoms with van der Waals surface area (Å²) in [5.74, 6) is 1.91. The third-order valence-corrected chi connectivity index (χ3v) is 4.61. The van der Waals surface area contributed by atoms with Crippen LogP contribution in [0, 0.1) is 6.92 Å². The van der Waals surface area contributed by atoms with Crippen molar-refractivity contribution >= 4 is 17.7 Å². The summed E-state index contributed by atoms with van der Waals surface area (Å²) in [5.41, 5.74) is 2.30. The largest absolute Gasteiger partial charge is 0.493 e. The highest BCUT2D eigenvalue weighted by Gasteiger charge is 2.15. The van der Waals surface area contributed by atoms with Gasteiger partial charge in [-0.15, -0.1) is 0 Å². The van der Waals surface area contributed by atoms with Crippen molar-refractivity contribution in [3.8, 4) is 11.5 Å². The SMILES string of the molecule is COc1ccc(NC(=O)NCc2cc(C)nc(N3CCCCC3)n2)cc1OC. The second kappa shape index (κ2) is 9.25. The molecule has 0 radical (unpaired) electrons. The van der Waals surface area contributed by atoms with Crippen molar-refractivity contribution in [2.45, 2.75) is 32.7 Å². The molecule has 1 aromatic heterocycles. The number of hydrogen-bond acceptors (Lipinski definition) is 6. The second-order valence-electron chi connectivity index (χ2n) is 6.73. The minimum absolute atomic E-state index is 0.317. The van der Waals surface area contributed by atoms with Gasteiger partial charge in [0.05, 0.1) is 26.5 Å². The Morgan fingerprint density at radius 1 is 1.07 bits per heavy atom. The van der Waals surface area contributed by atoms with Gasteiger partial charge in [0, 0.05) is 30.5 Å². The zero-order valence-electron chi connectivity index (χ0n) is 16.6. The van der Waals surface area contributed by atoms with E-state index in [0.29, 0.717) is 23.7 Å². The standard InChI is InChI=1S/C20H27N5O3/c1-14-11-16(23-19(22-14)25-9-5-4-6-10-25)13-21-20(26)24-15-7-8-17(27-2)18(12-15)28-3/h7-8,11-12H,4-6,9-10,13H2,1-3H3,(H2,21,24,26). The Kier molecular flexibility index (Phi) is 6.52. The van der Waals surface area contributed by atoms with Crippen LogP contribution < -0.4 is 25.0 Å². The molecular weight excluding hydrogens is 358 g/mol. The molecule has 0 bridgehead atoms. The summed E-state index contributed by atoms with van der Waals surface area (Å²) in [7, 11) is 3.12. The molecule has 1 aliphatic rings. The summed E-state index contributed by atoms with van der Waals surface area (Å²) in [6.45, 7) is 4.23. The van der Waals surface area contributed by atoms with E-state index in [9.17, 15) is 4.79 Å². The number of aryl methyl sites for hydroxylation is 1. The molecule has 8 nitrogen and oxygen atoms in total. The number of urea groups is 1. The lowest BCUT2D eigenvalue weighted by molar-refractivity contribution is 0.251. The van der Waals surface area contributed by atoms with Crippen molar-refractivity contribution in [2.24, 2.45) is 0 Å². The Hall–Kier alpha value is -3.03. The van der Waals surface area contributed by atoms with E-state index < -0.39 is 0 Å². The molecule has 28 heavy (non-hydrogen) atoms. The van der Waals surface area contributed by atoms with Gasteiger partial charge in [0.15, 0.2) is 11.5 Å². The lowest BCUT2D eigenvalue weighted by Crippen LogP contribution is -2.32. The van der Waals surface area contributed by atoms with Gasteiger partial charge in [-0.05, 0) is 44.4 Å². The van der Waals surface area contributed by atoms with Crippen LogP contribution in [0.25, 0.3) is 0 Å². The van der Waals surface area contributed by atoms with Crippen LogP contribution in [0.5, 0.6) is 11.5 Å². The number of hydrogen-bond donors (Lipinski definition) is 2. The number of carbonyl (C=O) groups excluding carboxylic acids is 1. The van der Waals surface area contributed by atoms with Gasteiger partial charge in [0.1, 0.15) is 0 Å². The number of anilines is 2. The first-order chi connectivity index (χ1) is 13.6. The molecule has 150 valence electrons. The number of methoxy groups -OCH3 is 2. The van der Waals surface area contributed by atoms with E-state index in [2.05, 4.69) is 25.5 Å². The molecule has 0 aliphatic carbocycles. The topological polar surface area (TPSA) is 88.6 Å². The second-order valence-corrected chi connectivity index (χ2v) is 6.73. The molecule has 1 aliphatic heterocycles. The van der Waals surface area contributed by atoms with Crippen molar-refractivity contribution in [3.63, 3.8) is 0 Å². The maximum Gasteiger partial charge on any atom is 0.319 e. The molecule has 3 rings (SSSR count). The molecule has 1 fully saturated rings. The Balaban J connectivity index is 1.60. The molecule has 1 saturated heterocycles. The van der Waals surface area contributed by atoms with Crippen LogP contribution in [-0.4, -0.2) is 43.3 Å². The van der Waals surface area contributed by atoms with Crippen molar-refractivity contribution in [2.75, 3.05) is 37.5 Å². The third kappa shape index (κ3) is 5.03. The fraction of sp³-hybridized carbons (Fsp3) is 0.450. The lowest BCUT2D eigenvalue weighted by Gasteiger charge is -2.27. The molecular formula is C20H27N5O3. The first-order valence-electron chi connectivity index (χ1n) is 9.45. The van der Waals surface area contributed by atoms with Crippen LogP contribution >= 0.6 is 0 Å². The van der Waals surface area contributed by atoms with Gasteiger partial charge < -0.3 is 25.0 Å². The summed E-state index contributed by atoms with van der Waals surface area (Å²) >= 11 is 0. The Morgan fingerprint density at radius 2 is 1.82 bits per heavy atom. The van der Waals surface area contributed by atoms with Gasteiger partial charge >= 0.3 is 6.03 Å². The number of carbonyl (C=O) groups is 1. The van der Waals surface area contributed by atoms with Crippen molar-refractivity contribution in [1.29, 1.82) is 0 Å². The number of nitrogens with one attached hydrogen (secondary N) is 2. The molecule has 0 spiro atoms. The minimum Gasteiger partial charge on any atom is -0.493 e. The number of nitrogens with zero attached hydrogens (tertiary/aromatic N) is 3. The zero-order valence-corrected chi connectivity index (χ0v) is 16.6. The Morgan fingerprint density at radius 3 is 2.54 bits per heavy atom. The van der Waals surface area contributed by atoms with Crippen LogP contribution in [-0.2, 0) is 6.54 Å². The van der Waals surface area contributed by atoms with E-state index in [1.165, 1.54) is 19.3 Å². The van der Waals surface area contributed by atoms with E-state index in [0.717, 1.165) is 30.4 Å². The number of aromatic nitrogens is 2. The fourth-order valence-electron chi connectivity index (χ4n) is 3.20. The predicted octanol–water partition coefficient (Wildman–Crippen LogP) is 3.11. The molecule has 2 aromatic rings. The molecule has 0 unspecified atom stereocenters. The molecule has 1 aromatic carbocycles. The summed E-state index contributed by atoms with van der Waals surface area (Å²) in [6.07, 6.45) is 3.59. The summed E-state index contributed by atoms with van der Waals surface area (Å²) in [5, 5.41) is 5.63. The van der Waals surface area contributed by atoms with E-state index >= 15 is 0 Å². The summed E-state index contributed by atoms with van der Waals surface area (Å²) in [6, 6.07) is 6.78. The Labute approximate surface area is 165 Å². The summed E-state index contributed by atoms with van der Waals surface area (Å²) in [4.78, 5) is 23.6. The minimum atomic E-state index is -0.317. The predicted molar refractivity (Wildman–Crippen MR) is 108 cm³/mol. The molecule has 2 N–H and O–H groups in total. The van der Waals surface area contributed by atoms with E-state index in [4.69, 9.17) is 9.47 Å². The van der Waals surface area contributed by atoms with Gasteiger partial charge in [-0.25, -0.2) is 14.8 Å².